The maximum atomic E-state index is 12.7. The summed E-state index contributed by atoms with van der Waals surface area (Å²) in [6, 6.07) is 8.62. The Kier molecular flexibility index (Phi) is 3.15. The van der Waals surface area contributed by atoms with Crippen LogP contribution in [0.1, 0.15) is 16.0 Å². The molecule has 0 amide bonds. The highest BCUT2D eigenvalue weighted by atomic mass is 32.2. The summed E-state index contributed by atoms with van der Waals surface area (Å²) in [7, 11) is -3.63. The van der Waals surface area contributed by atoms with Crippen molar-refractivity contribution in [2.75, 3.05) is 16.6 Å². The van der Waals surface area contributed by atoms with Gasteiger partial charge in [-0.05, 0) is 42.7 Å². The summed E-state index contributed by atoms with van der Waals surface area (Å²) in [5.74, 6) is 0. The molecule has 0 saturated carbocycles. The van der Waals surface area contributed by atoms with Gasteiger partial charge in [0.2, 0.25) is 0 Å². The summed E-state index contributed by atoms with van der Waals surface area (Å²) >= 11 is 0.987. The molecule has 0 atom stereocenters. The Labute approximate surface area is 127 Å². The molecular weight excluding hydrogens is 306 g/mol. The predicted octanol–water partition coefficient (Wildman–Crippen LogP) is 2.26. The van der Waals surface area contributed by atoms with Crippen LogP contribution in [-0.4, -0.2) is 15.0 Å². The normalized spacial score (nSPS) is 14.0. The van der Waals surface area contributed by atoms with Gasteiger partial charge in [0.1, 0.15) is 15.2 Å². The second-order valence-electron chi connectivity index (χ2n) is 4.90. The first-order valence-electron chi connectivity index (χ1n) is 6.35. The Morgan fingerprint density at radius 2 is 2.14 bits per heavy atom. The van der Waals surface area contributed by atoms with Crippen LogP contribution in [0, 0.1) is 18.3 Å². The van der Waals surface area contributed by atoms with Crippen LogP contribution in [0.15, 0.2) is 28.5 Å². The van der Waals surface area contributed by atoms with E-state index in [2.05, 4.69) is 0 Å². The monoisotopic (exact) mass is 319 g/mol. The summed E-state index contributed by atoms with van der Waals surface area (Å²) in [5.41, 5.74) is 9.07. The molecule has 0 spiro atoms. The third-order valence-corrected chi connectivity index (χ3v) is 6.83. The third kappa shape index (κ3) is 2.17. The van der Waals surface area contributed by atoms with E-state index in [1.54, 1.807) is 6.07 Å². The standard InChI is InChI=1S/C14H13N3O2S2/c1-9-6-10-4-5-17(13(10)7-12(9)16)21(18,19)14-3-2-11(8-15)20-14/h2-3,6-7H,4-5,16H2,1H3. The Morgan fingerprint density at radius 1 is 1.38 bits per heavy atom. The molecule has 108 valence electrons. The van der Waals surface area contributed by atoms with Crippen LogP contribution in [0.4, 0.5) is 11.4 Å². The molecule has 0 bridgehead atoms. The number of hydrogen-bond acceptors (Lipinski definition) is 5. The number of benzene rings is 1. The van der Waals surface area contributed by atoms with Gasteiger partial charge in [-0.2, -0.15) is 5.26 Å². The summed E-state index contributed by atoms with van der Waals surface area (Å²) in [6.07, 6.45) is 0.673. The maximum absolute atomic E-state index is 12.7. The highest BCUT2D eigenvalue weighted by molar-refractivity contribution is 7.94. The largest absolute Gasteiger partial charge is 0.398 e. The van der Waals surface area contributed by atoms with E-state index in [9.17, 15) is 8.42 Å². The van der Waals surface area contributed by atoms with E-state index in [4.69, 9.17) is 11.0 Å². The molecule has 0 saturated heterocycles. The molecule has 2 heterocycles. The minimum Gasteiger partial charge on any atom is -0.398 e. The quantitative estimate of drug-likeness (QED) is 0.860. The van der Waals surface area contributed by atoms with Gasteiger partial charge in [0, 0.05) is 12.2 Å². The van der Waals surface area contributed by atoms with Crippen LogP contribution in [0.3, 0.4) is 0 Å². The molecule has 0 radical (unpaired) electrons. The number of nitriles is 1. The molecule has 1 aliphatic heterocycles. The van der Waals surface area contributed by atoms with E-state index < -0.39 is 10.0 Å². The zero-order valence-corrected chi connectivity index (χ0v) is 13.0. The van der Waals surface area contributed by atoms with Crippen LogP contribution in [0.25, 0.3) is 0 Å². The molecule has 1 aromatic heterocycles. The molecule has 21 heavy (non-hydrogen) atoms. The molecule has 1 aromatic carbocycles. The average Bonchev–Trinajstić information content (AvgIpc) is 3.06. The molecular formula is C14H13N3O2S2. The first-order valence-corrected chi connectivity index (χ1v) is 8.61. The lowest BCUT2D eigenvalue weighted by Crippen LogP contribution is -2.28. The highest BCUT2D eigenvalue weighted by Gasteiger charge is 2.32. The van der Waals surface area contributed by atoms with Gasteiger partial charge >= 0.3 is 0 Å². The number of rotatable bonds is 2. The lowest BCUT2D eigenvalue weighted by molar-refractivity contribution is 0.594. The fourth-order valence-corrected chi connectivity index (χ4v) is 5.14. The fourth-order valence-electron chi connectivity index (χ4n) is 2.42. The Balaban J connectivity index is 2.08. The number of sulfonamides is 1. The molecule has 3 rings (SSSR count). The molecule has 2 N–H and O–H groups in total. The summed E-state index contributed by atoms with van der Waals surface area (Å²) in [4.78, 5) is 0.386. The average molecular weight is 319 g/mol. The molecule has 5 nitrogen and oxygen atoms in total. The van der Waals surface area contributed by atoms with Gasteiger partial charge in [-0.15, -0.1) is 11.3 Å². The summed E-state index contributed by atoms with van der Waals surface area (Å²) < 4.78 is 27.0. The van der Waals surface area contributed by atoms with Gasteiger partial charge in [-0.25, -0.2) is 8.42 Å². The lowest BCUT2D eigenvalue weighted by atomic mass is 10.1. The number of fused-ring (bicyclic) bond motifs is 1. The Bertz CT molecular complexity index is 863. The number of thiophene rings is 1. The van der Waals surface area contributed by atoms with E-state index in [0.29, 0.717) is 29.2 Å². The predicted molar refractivity (Wildman–Crippen MR) is 82.9 cm³/mol. The van der Waals surface area contributed by atoms with Crippen molar-refractivity contribution in [3.63, 3.8) is 0 Å². The van der Waals surface area contributed by atoms with Crippen LogP contribution in [0.2, 0.25) is 0 Å². The van der Waals surface area contributed by atoms with Gasteiger partial charge in [-0.3, -0.25) is 4.31 Å². The smallest absolute Gasteiger partial charge is 0.273 e. The van der Waals surface area contributed by atoms with Crippen molar-refractivity contribution in [3.05, 3.63) is 40.3 Å². The van der Waals surface area contributed by atoms with E-state index in [-0.39, 0.29) is 4.21 Å². The molecule has 0 aliphatic carbocycles. The summed E-state index contributed by atoms with van der Waals surface area (Å²) in [6.45, 7) is 2.31. The maximum Gasteiger partial charge on any atom is 0.273 e. The Hall–Kier alpha value is -2.04. The molecule has 1 aliphatic rings. The number of nitrogens with zero attached hydrogens (tertiary/aromatic N) is 2. The number of aryl methyl sites for hydroxylation is 1. The fraction of sp³-hybridized carbons (Fsp3) is 0.214. The van der Waals surface area contributed by atoms with E-state index in [0.717, 1.165) is 22.5 Å². The van der Waals surface area contributed by atoms with Crippen LogP contribution in [-0.2, 0) is 16.4 Å². The first-order chi connectivity index (χ1) is 9.93. The number of anilines is 2. The topological polar surface area (TPSA) is 87.2 Å². The molecule has 0 fully saturated rings. The number of nitrogens with two attached hydrogens (primary N) is 1. The second-order valence-corrected chi connectivity index (χ2v) is 8.07. The van der Waals surface area contributed by atoms with Gasteiger partial charge in [0.15, 0.2) is 0 Å². The zero-order valence-electron chi connectivity index (χ0n) is 11.3. The second kappa shape index (κ2) is 4.76. The number of hydrogen-bond donors (Lipinski definition) is 1. The van der Waals surface area contributed by atoms with Crippen molar-refractivity contribution in [2.45, 2.75) is 17.6 Å². The zero-order chi connectivity index (χ0) is 15.2. The van der Waals surface area contributed by atoms with Gasteiger partial charge in [0.25, 0.3) is 10.0 Å². The van der Waals surface area contributed by atoms with Crippen molar-refractivity contribution in [3.8, 4) is 6.07 Å². The SMILES string of the molecule is Cc1cc2c(cc1N)N(S(=O)(=O)c1ccc(C#N)s1)CC2. The van der Waals surface area contributed by atoms with E-state index in [1.807, 2.05) is 19.1 Å². The Morgan fingerprint density at radius 3 is 2.81 bits per heavy atom. The van der Waals surface area contributed by atoms with Crippen molar-refractivity contribution in [1.29, 1.82) is 5.26 Å². The van der Waals surface area contributed by atoms with Crippen LogP contribution in [0.5, 0.6) is 0 Å². The molecule has 7 heteroatoms. The van der Waals surface area contributed by atoms with Crippen LogP contribution < -0.4 is 10.0 Å². The first kappa shape index (κ1) is 13.9. The molecule has 2 aromatic rings. The minimum absolute atomic E-state index is 0.186. The van der Waals surface area contributed by atoms with E-state index in [1.165, 1.54) is 16.4 Å². The minimum atomic E-state index is -3.63. The number of nitrogen functional groups attached to an aromatic ring is 1. The van der Waals surface area contributed by atoms with Crippen molar-refractivity contribution < 1.29 is 8.42 Å². The van der Waals surface area contributed by atoms with Gasteiger partial charge in [0.05, 0.1) is 5.69 Å². The van der Waals surface area contributed by atoms with Crippen molar-refractivity contribution >= 4 is 32.7 Å². The molecule has 0 unspecified atom stereocenters. The van der Waals surface area contributed by atoms with Gasteiger partial charge < -0.3 is 5.73 Å². The van der Waals surface area contributed by atoms with Crippen LogP contribution >= 0.6 is 11.3 Å². The van der Waals surface area contributed by atoms with E-state index >= 15 is 0 Å². The van der Waals surface area contributed by atoms with Gasteiger partial charge in [-0.1, -0.05) is 6.07 Å². The summed E-state index contributed by atoms with van der Waals surface area (Å²) in [5, 5.41) is 8.84. The van der Waals surface area contributed by atoms with Crippen molar-refractivity contribution in [2.24, 2.45) is 0 Å². The third-order valence-electron chi connectivity index (χ3n) is 3.56. The lowest BCUT2D eigenvalue weighted by Gasteiger charge is -2.19. The highest BCUT2D eigenvalue weighted by Crippen LogP contribution is 2.37. The van der Waals surface area contributed by atoms with Crippen molar-refractivity contribution in [1.82, 2.24) is 0 Å².